The number of halogens is 2. The number of esters is 3. The first-order valence-corrected chi connectivity index (χ1v) is 10.4. The molecule has 2 aromatic rings. The van der Waals surface area contributed by atoms with Crippen LogP contribution in [-0.4, -0.2) is 62.3 Å². The van der Waals surface area contributed by atoms with E-state index in [1.807, 2.05) is 22.6 Å². The van der Waals surface area contributed by atoms with E-state index in [1.54, 1.807) is 0 Å². The minimum atomic E-state index is -1.60. The molecule has 0 aliphatic carbocycles. The molecule has 162 valence electrons. The predicted molar refractivity (Wildman–Crippen MR) is 112 cm³/mol. The summed E-state index contributed by atoms with van der Waals surface area (Å²) in [6, 6.07) is 0. The maximum atomic E-state index is 11.8. The van der Waals surface area contributed by atoms with Crippen molar-refractivity contribution >= 4 is 73.4 Å². The zero-order chi connectivity index (χ0) is 22.2. The fourth-order valence-electron chi connectivity index (χ4n) is 3.03. The van der Waals surface area contributed by atoms with Gasteiger partial charge in [-0.1, -0.05) is 0 Å². The van der Waals surface area contributed by atoms with Gasteiger partial charge in [-0.3, -0.25) is 19.0 Å². The Morgan fingerprint density at radius 3 is 2.50 bits per heavy atom. The van der Waals surface area contributed by atoms with E-state index >= 15 is 0 Å². The summed E-state index contributed by atoms with van der Waals surface area (Å²) in [5.41, 5.74) is 6.51. The van der Waals surface area contributed by atoms with Crippen LogP contribution in [0.5, 0.6) is 0 Å². The van der Waals surface area contributed by atoms with E-state index in [2.05, 4.69) is 30.9 Å². The molecule has 4 atom stereocenters. The summed E-state index contributed by atoms with van der Waals surface area (Å²) < 4.78 is 22.1. The molecule has 0 spiro atoms. The normalized spacial score (nSPS) is 25.8. The molecular formula is C16H17BrIN5O7. The van der Waals surface area contributed by atoms with Crippen molar-refractivity contribution < 1.29 is 33.3 Å². The summed E-state index contributed by atoms with van der Waals surface area (Å²) in [6.07, 6.45) is -1.86. The second-order valence-electron chi connectivity index (χ2n) is 6.34. The highest BCUT2D eigenvalue weighted by Gasteiger charge is 2.60. The molecule has 12 nitrogen and oxygen atoms in total. The number of alkyl halides is 1. The maximum Gasteiger partial charge on any atom is 0.303 e. The Labute approximate surface area is 192 Å². The van der Waals surface area contributed by atoms with E-state index in [1.165, 1.54) is 31.7 Å². The van der Waals surface area contributed by atoms with Gasteiger partial charge >= 0.3 is 17.9 Å². The molecule has 2 aromatic heterocycles. The molecule has 2 N–H and O–H groups in total. The highest BCUT2D eigenvalue weighted by atomic mass is 127. The predicted octanol–water partition coefficient (Wildman–Crippen LogP) is 0.844. The lowest BCUT2D eigenvalue weighted by atomic mass is 10.1. The summed E-state index contributed by atoms with van der Waals surface area (Å²) in [5.74, 6) is -1.69. The second-order valence-corrected chi connectivity index (χ2v) is 8.44. The maximum absolute atomic E-state index is 11.8. The van der Waals surface area contributed by atoms with Gasteiger partial charge in [0.05, 0.1) is 0 Å². The Bertz CT molecular complexity index is 1020. The number of hydrogen-bond acceptors (Lipinski definition) is 11. The summed E-state index contributed by atoms with van der Waals surface area (Å²) >= 11 is 5.36. The number of nitrogen functional groups attached to an aromatic ring is 1. The van der Waals surface area contributed by atoms with Crippen LogP contribution in [0.25, 0.3) is 11.2 Å². The molecule has 0 saturated carbocycles. The highest BCUT2D eigenvalue weighted by molar-refractivity contribution is 14.1. The number of imidazole rings is 1. The third kappa shape index (κ3) is 4.34. The zero-order valence-electron chi connectivity index (χ0n) is 16.0. The molecule has 30 heavy (non-hydrogen) atoms. The molecule has 0 aromatic carbocycles. The van der Waals surface area contributed by atoms with Gasteiger partial charge in [-0.2, -0.15) is 0 Å². The number of nitrogens with two attached hydrogens (primary N) is 1. The molecule has 0 radical (unpaired) electrons. The molecule has 0 bridgehead atoms. The van der Waals surface area contributed by atoms with Gasteiger partial charge in [0.2, 0.25) is 4.63 Å². The SMILES string of the molecule is CC(=O)OC[C@H]1O[C@@](Br)(n2cnc3c(N)nc(I)nc32)[C@H](OC(C)=O)[C@@H]1OC(C)=O. The van der Waals surface area contributed by atoms with Gasteiger partial charge in [0.1, 0.15) is 24.6 Å². The lowest BCUT2D eigenvalue weighted by molar-refractivity contribution is -0.167. The van der Waals surface area contributed by atoms with Crippen LogP contribution in [-0.2, 0) is 38.0 Å². The van der Waals surface area contributed by atoms with Crippen LogP contribution >= 0.6 is 38.5 Å². The van der Waals surface area contributed by atoms with Crippen molar-refractivity contribution in [3.05, 3.63) is 10.2 Å². The zero-order valence-corrected chi connectivity index (χ0v) is 19.7. The lowest BCUT2D eigenvalue weighted by Gasteiger charge is -2.30. The third-order valence-corrected chi connectivity index (χ3v) is 5.61. The smallest absolute Gasteiger partial charge is 0.303 e. The Morgan fingerprint density at radius 2 is 1.90 bits per heavy atom. The van der Waals surface area contributed by atoms with E-state index in [4.69, 9.17) is 24.7 Å². The fraction of sp³-hybridized carbons (Fsp3) is 0.500. The number of fused-ring (bicyclic) bond motifs is 1. The Morgan fingerprint density at radius 1 is 1.23 bits per heavy atom. The number of carbonyl (C=O) groups is 3. The molecule has 0 unspecified atom stereocenters. The van der Waals surface area contributed by atoms with Crippen LogP contribution in [0.3, 0.4) is 0 Å². The molecule has 1 aliphatic heterocycles. The summed E-state index contributed by atoms with van der Waals surface area (Å²) in [5, 5.41) is 0. The standard InChI is InChI=1S/C16H17BrIN5O7/c1-6(24)27-4-9-11(28-7(2)25)12(29-8(3)26)16(17,30-9)23-5-20-10-13(19)21-15(18)22-14(10)23/h5,9,11-12H,4H2,1-3H3,(H2,19,21,22)/t9-,11-,12-,16+/m1/s1. The van der Waals surface area contributed by atoms with Crippen molar-refractivity contribution in [2.75, 3.05) is 12.3 Å². The van der Waals surface area contributed by atoms with Crippen molar-refractivity contribution in [1.82, 2.24) is 19.5 Å². The number of carbonyl (C=O) groups excluding carboxylic acids is 3. The van der Waals surface area contributed by atoms with Crippen LogP contribution in [0, 0.1) is 3.83 Å². The van der Waals surface area contributed by atoms with Crippen molar-refractivity contribution in [2.45, 2.75) is 43.7 Å². The first-order chi connectivity index (χ1) is 14.0. The largest absolute Gasteiger partial charge is 0.463 e. The van der Waals surface area contributed by atoms with Crippen molar-refractivity contribution in [1.29, 1.82) is 0 Å². The second kappa shape index (κ2) is 8.58. The number of rotatable bonds is 5. The average molecular weight is 598 g/mol. The van der Waals surface area contributed by atoms with Gasteiger partial charge < -0.3 is 24.7 Å². The highest BCUT2D eigenvalue weighted by Crippen LogP contribution is 2.45. The van der Waals surface area contributed by atoms with Crippen LogP contribution in [0.4, 0.5) is 5.82 Å². The molecule has 3 heterocycles. The summed E-state index contributed by atoms with van der Waals surface area (Å²) in [7, 11) is 0. The quantitative estimate of drug-likeness (QED) is 0.171. The van der Waals surface area contributed by atoms with Crippen molar-refractivity contribution in [3.63, 3.8) is 0 Å². The lowest BCUT2D eigenvalue weighted by Crippen LogP contribution is -2.45. The minimum absolute atomic E-state index is 0.147. The Balaban J connectivity index is 2.13. The topological polar surface area (TPSA) is 158 Å². The van der Waals surface area contributed by atoms with Gasteiger partial charge in [0, 0.05) is 43.4 Å². The third-order valence-electron chi connectivity index (χ3n) is 4.10. The van der Waals surface area contributed by atoms with Crippen molar-refractivity contribution in [3.8, 4) is 0 Å². The molecule has 0 amide bonds. The molecular weight excluding hydrogens is 581 g/mol. The van der Waals surface area contributed by atoms with Crippen molar-refractivity contribution in [2.24, 2.45) is 0 Å². The first-order valence-electron chi connectivity index (χ1n) is 8.54. The number of anilines is 1. The van der Waals surface area contributed by atoms with E-state index in [0.717, 1.165) is 0 Å². The number of ether oxygens (including phenoxy) is 4. The van der Waals surface area contributed by atoms with E-state index in [-0.39, 0.29) is 18.1 Å². The summed E-state index contributed by atoms with van der Waals surface area (Å²) in [4.78, 5) is 47.5. The van der Waals surface area contributed by atoms with Crippen LogP contribution in [0.15, 0.2) is 6.33 Å². The van der Waals surface area contributed by atoms with Gasteiger partial charge in [-0.05, 0) is 15.9 Å². The molecule has 14 heteroatoms. The molecule has 3 rings (SSSR count). The van der Waals surface area contributed by atoms with Gasteiger partial charge in [0.25, 0.3) is 0 Å². The summed E-state index contributed by atoms with van der Waals surface area (Å²) in [6.45, 7) is 3.38. The molecule has 1 fully saturated rings. The van der Waals surface area contributed by atoms with Crippen LogP contribution in [0.2, 0.25) is 0 Å². The van der Waals surface area contributed by atoms with E-state index < -0.39 is 40.9 Å². The number of hydrogen-bond donors (Lipinski definition) is 1. The van der Waals surface area contributed by atoms with Gasteiger partial charge in [-0.15, -0.1) is 0 Å². The number of aromatic nitrogens is 4. The fourth-order valence-corrected chi connectivity index (χ4v) is 4.37. The number of nitrogens with zero attached hydrogens (tertiary/aromatic N) is 4. The van der Waals surface area contributed by atoms with Gasteiger partial charge in [-0.25, -0.2) is 15.0 Å². The Hall–Kier alpha value is -2.07. The Kier molecular flexibility index (Phi) is 6.47. The van der Waals surface area contributed by atoms with E-state index in [0.29, 0.717) is 9.35 Å². The van der Waals surface area contributed by atoms with Gasteiger partial charge in [0.15, 0.2) is 27.5 Å². The monoisotopic (exact) mass is 597 g/mol. The minimum Gasteiger partial charge on any atom is -0.463 e. The average Bonchev–Trinajstić information content (AvgIpc) is 3.15. The van der Waals surface area contributed by atoms with Crippen LogP contribution in [0.1, 0.15) is 20.8 Å². The molecule has 1 saturated heterocycles. The van der Waals surface area contributed by atoms with Crippen LogP contribution < -0.4 is 5.73 Å². The first kappa shape index (κ1) is 22.6. The molecule has 1 aliphatic rings. The van der Waals surface area contributed by atoms with E-state index in [9.17, 15) is 14.4 Å².